The van der Waals surface area contributed by atoms with Crippen molar-refractivity contribution in [2.75, 3.05) is 71.0 Å². The zero-order valence-electron chi connectivity index (χ0n) is 17.2. The summed E-state index contributed by atoms with van der Waals surface area (Å²) < 4.78 is 10.2. The summed E-state index contributed by atoms with van der Waals surface area (Å²) in [5, 5.41) is 0. The van der Waals surface area contributed by atoms with Crippen LogP contribution in [-0.2, 0) is 14.3 Å². The van der Waals surface area contributed by atoms with Gasteiger partial charge in [0.05, 0.1) is 25.7 Å². The van der Waals surface area contributed by atoms with Crippen molar-refractivity contribution in [3.8, 4) is 0 Å². The Morgan fingerprint density at radius 3 is 2.69 bits per heavy atom. The number of carbonyl (C=O) groups is 2. The number of amides is 1. The predicted octanol–water partition coefficient (Wildman–Crippen LogP) is 0.333. The van der Waals surface area contributed by atoms with Gasteiger partial charge in [0.1, 0.15) is 0 Å². The summed E-state index contributed by atoms with van der Waals surface area (Å²) in [7, 11) is 1.34. The predicted molar refractivity (Wildman–Crippen MR) is 106 cm³/mol. The van der Waals surface area contributed by atoms with Gasteiger partial charge in [0.2, 0.25) is 11.9 Å². The van der Waals surface area contributed by atoms with Crippen molar-refractivity contribution < 1.29 is 19.1 Å². The number of carbonyl (C=O) groups excluding carboxylic acids is 2. The Balaban J connectivity index is 1.40. The maximum absolute atomic E-state index is 13.2. The first-order chi connectivity index (χ1) is 14.0. The fraction of sp³-hybridized carbons (Fsp3) is 0.700. The van der Waals surface area contributed by atoms with E-state index in [1.807, 2.05) is 16.7 Å². The molecule has 4 rings (SSSR count). The van der Waals surface area contributed by atoms with Crippen molar-refractivity contribution in [2.24, 2.45) is 5.41 Å². The van der Waals surface area contributed by atoms with E-state index in [4.69, 9.17) is 9.47 Å². The highest BCUT2D eigenvalue weighted by atomic mass is 16.5. The number of aryl methyl sites for hydroxylation is 1. The van der Waals surface area contributed by atoms with E-state index in [1.54, 1.807) is 6.07 Å². The van der Waals surface area contributed by atoms with Crippen molar-refractivity contribution in [3.05, 3.63) is 17.5 Å². The highest BCUT2D eigenvalue weighted by Gasteiger charge is 2.51. The maximum atomic E-state index is 13.2. The van der Waals surface area contributed by atoms with E-state index >= 15 is 0 Å². The van der Waals surface area contributed by atoms with Crippen LogP contribution < -0.4 is 4.90 Å². The Morgan fingerprint density at radius 1 is 1.17 bits per heavy atom. The monoisotopic (exact) mass is 403 g/mol. The average molecular weight is 403 g/mol. The highest BCUT2D eigenvalue weighted by Crippen LogP contribution is 2.41. The zero-order valence-corrected chi connectivity index (χ0v) is 17.2. The summed E-state index contributed by atoms with van der Waals surface area (Å²) >= 11 is 0. The number of nitrogens with zero attached hydrogens (tertiary/aromatic N) is 5. The minimum absolute atomic E-state index is 0.245. The van der Waals surface area contributed by atoms with Gasteiger partial charge in [0.25, 0.3) is 0 Å². The fourth-order valence-electron chi connectivity index (χ4n) is 4.52. The SMILES string of the molecule is COC(=O)c1cc(C)nc(N2CCC3(CCN(CCN4CCOCC4)C3=O)C2)n1. The molecule has 0 saturated carbocycles. The number of anilines is 1. The molecule has 0 N–H and O–H groups in total. The molecule has 1 unspecified atom stereocenters. The lowest BCUT2D eigenvalue weighted by atomic mass is 9.85. The minimum Gasteiger partial charge on any atom is -0.464 e. The number of aromatic nitrogens is 2. The lowest BCUT2D eigenvalue weighted by molar-refractivity contribution is -0.135. The van der Waals surface area contributed by atoms with Crippen molar-refractivity contribution in [2.45, 2.75) is 19.8 Å². The number of methoxy groups -OCH3 is 1. The summed E-state index contributed by atoms with van der Waals surface area (Å²) in [5.41, 5.74) is 0.603. The molecular weight excluding hydrogens is 374 g/mol. The fourth-order valence-corrected chi connectivity index (χ4v) is 4.52. The molecule has 4 heterocycles. The van der Waals surface area contributed by atoms with Crippen LogP contribution in [0.4, 0.5) is 5.95 Å². The van der Waals surface area contributed by atoms with Crippen LogP contribution in [-0.4, -0.2) is 97.8 Å². The summed E-state index contributed by atoms with van der Waals surface area (Å²) in [4.78, 5) is 40.4. The van der Waals surface area contributed by atoms with Crippen LogP contribution in [0.2, 0.25) is 0 Å². The van der Waals surface area contributed by atoms with Crippen LogP contribution in [0.3, 0.4) is 0 Å². The van der Waals surface area contributed by atoms with Crippen LogP contribution in [0.1, 0.15) is 29.0 Å². The van der Waals surface area contributed by atoms with Gasteiger partial charge in [-0.05, 0) is 25.8 Å². The number of morpholine rings is 1. The highest BCUT2D eigenvalue weighted by molar-refractivity contribution is 5.88. The molecule has 29 heavy (non-hydrogen) atoms. The normalized spacial score (nSPS) is 25.2. The number of esters is 1. The molecule has 0 aliphatic carbocycles. The molecule has 0 radical (unpaired) electrons. The minimum atomic E-state index is -0.475. The second kappa shape index (κ2) is 8.23. The number of hydrogen-bond donors (Lipinski definition) is 0. The largest absolute Gasteiger partial charge is 0.464 e. The molecule has 9 nitrogen and oxygen atoms in total. The average Bonchev–Trinajstić information content (AvgIpc) is 3.31. The third-order valence-electron chi connectivity index (χ3n) is 6.26. The lowest BCUT2D eigenvalue weighted by Gasteiger charge is -2.29. The molecule has 1 atom stereocenters. The molecular formula is C20H29N5O4. The molecule has 1 spiro atoms. The molecule has 158 valence electrons. The van der Waals surface area contributed by atoms with E-state index in [0.29, 0.717) is 24.7 Å². The second-order valence-corrected chi connectivity index (χ2v) is 8.13. The van der Waals surface area contributed by atoms with Crippen molar-refractivity contribution in [3.63, 3.8) is 0 Å². The van der Waals surface area contributed by atoms with Gasteiger partial charge in [-0.1, -0.05) is 0 Å². The van der Waals surface area contributed by atoms with E-state index in [0.717, 1.165) is 58.8 Å². The van der Waals surface area contributed by atoms with E-state index < -0.39 is 5.97 Å². The van der Waals surface area contributed by atoms with Gasteiger partial charge in [0, 0.05) is 51.5 Å². The van der Waals surface area contributed by atoms with Gasteiger partial charge in [0.15, 0.2) is 5.69 Å². The van der Waals surface area contributed by atoms with Crippen LogP contribution >= 0.6 is 0 Å². The summed E-state index contributed by atoms with van der Waals surface area (Å²) in [6, 6.07) is 1.62. The van der Waals surface area contributed by atoms with E-state index in [-0.39, 0.29) is 17.0 Å². The van der Waals surface area contributed by atoms with Gasteiger partial charge in [-0.3, -0.25) is 9.69 Å². The quantitative estimate of drug-likeness (QED) is 0.650. The Labute approximate surface area is 171 Å². The van der Waals surface area contributed by atoms with Gasteiger partial charge in [-0.2, -0.15) is 0 Å². The van der Waals surface area contributed by atoms with Crippen LogP contribution in [0.15, 0.2) is 6.07 Å². The number of hydrogen-bond acceptors (Lipinski definition) is 8. The van der Waals surface area contributed by atoms with Crippen LogP contribution in [0.25, 0.3) is 0 Å². The lowest BCUT2D eigenvalue weighted by Crippen LogP contribution is -2.43. The second-order valence-electron chi connectivity index (χ2n) is 8.13. The molecule has 1 amide bonds. The van der Waals surface area contributed by atoms with Gasteiger partial charge in [-0.15, -0.1) is 0 Å². The topological polar surface area (TPSA) is 88.1 Å². The van der Waals surface area contributed by atoms with Crippen LogP contribution in [0.5, 0.6) is 0 Å². The van der Waals surface area contributed by atoms with Crippen molar-refractivity contribution >= 4 is 17.8 Å². The van der Waals surface area contributed by atoms with Gasteiger partial charge in [-0.25, -0.2) is 14.8 Å². The summed E-state index contributed by atoms with van der Waals surface area (Å²) in [6.07, 6.45) is 1.66. The van der Waals surface area contributed by atoms with Crippen molar-refractivity contribution in [1.29, 1.82) is 0 Å². The Bertz CT molecular complexity index is 782. The maximum Gasteiger partial charge on any atom is 0.356 e. The number of likely N-dealkylation sites (tertiary alicyclic amines) is 1. The molecule has 3 fully saturated rings. The Morgan fingerprint density at radius 2 is 1.93 bits per heavy atom. The van der Waals surface area contributed by atoms with Gasteiger partial charge < -0.3 is 19.3 Å². The smallest absolute Gasteiger partial charge is 0.356 e. The first-order valence-corrected chi connectivity index (χ1v) is 10.3. The number of rotatable bonds is 5. The molecule has 0 aromatic carbocycles. The third kappa shape index (κ3) is 4.06. The molecule has 3 aliphatic heterocycles. The van der Waals surface area contributed by atoms with E-state index in [1.165, 1.54) is 7.11 Å². The van der Waals surface area contributed by atoms with Crippen LogP contribution in [0, 0.1) is 12.3 Å². The van der Waals surface area contributed by atoms with Crippen molar-refractivity contribution in [1.82, 2.24) is 19.8 Å². The Kier molecular flexibility index (Phi) is 5.69. The van der Waals surface area contributed by atoms with Gasteiger partial charge >= 0.3 is 5.97 Å². The standard InChI is InChI=1S/C20H29N5O4/c1-15-13-16(17(26)28-2)22-19(21-15)25-6-4-20(14-25)3-5-24(18(20)27)8-7-23-9-11-29-12-10-23/h13H,3-12,14H2,1-2H3. The molecule has 1 aromatic heterocycles. The Hall–Kier alpha value is -2.26. The first-order valence-electron chi connectivity index (χ1n) is 10.3. The zero-order chi connectivity index (χ0) is 20.4. The molecule has 1 aromatic rings. The first kappa shape index (κ1) is 20.0. The molecule has 0 bridgehead atoms. The molecule has 9 heteroatoms. The summed E-state index contributed by atoms with van der Waals surface area (Å²) in [5.74, 6) is 0.271. The van der Waals surface area contributed by atoms with E-state index in [9.17, 15) is 9.59 Å². The van der Waals surface area contributed by atoms with E-state index in [2.05, 4.69) is 14.9 Å². The molecule has 3 aliphatic rings. The molecule has 3 saturated heterocycles. The summed E-state index contributed by atoms with van der Waals surface area (Å²) in [6.45, 7) is 9.05. The third-order valence-corrected chi connectivity index (χ3v) is 6.26. The number of ether oxygens (including phenoxy) is 2.